The van der Waals surface area contributed by atoms with Crippen molar-refractivity contribution in [3.05, 3.63) is 89.4 Å². The number of aliphatic hydroxyl groups is 1. The van der Waals surface area contributed by atoms with Crippen LogP contribution in [0.5, 0.6) is 11.5 Å². The fourth-order valence-electron chi connectivity index (χ4n) is 4.45. The molecule has 0 spiro atoms. The molecule has 1 unspecified atom stereocenters. The summed E-state index contributed by atoms with van der Waals surface area (Å²) >= 11 is 0. The zero-order valence-electron chi connectivity index (χ0n) is 22.0. The Hall–Kier alpha value is -4.00. The lowest BCUT2D eigenvalue weighted by atomic mass is 9.95. The molecule has 0 aliphatic carbocycles. The molecule has 0 radical (unpaired) electrons. The highest BCUT2D eigenvalue weighted by molar-refractivity contribution is 6.46. The summed E-state index contributed by atoms with van der Waals surface area (Å²) in [5, 5.41) is 11.3. The molecule has 1 aromatic heterocycles. The van der Waals surface area contributed by atoms with Gasteiger partial charge in [0.05, 0.1) is 37.6 Å². The molecular formula is C31H35NO6. The van der Waals surface area contributed by atoms with Gasteiger partial charge in [-0.25, -0.2) is 0 Å². The van der Waals surface area contributed by atoms with Crippen molar-refractivity contribution in [2.75, 3.05) is 13.2 Å². The lowest BCUT2D eigenvalue weighted by Gasteiger charge is -2.24. The molecule has 1 saturated heterocycles. The molecule has 1 atom stereocenters. The van der Waals surface area contributed by atoms with Gasteiger partial charge in [0.1, 0.15) is 23.0 Å². The van der Waals surface area contributed by atoms with Gasteiger partial charge < -0.3 is 23.9 Å². The van der Waals surface area contributed by atoms with Crippen molar-refractivity contribution >= 4 is 17.4 Å². The Labute approximate surface area is 223 Å². The van der Waals surface area contributed by atoms with Gasteiger partial charge in [0, 0.05) is 5.56 Å². The number of carbonyl (C=O) groups is 2. The molecule has 200 valence electrons. The lowest BCUT2D eigenvalue weighted by Crippen LogP contribution is -2.29. The quantitative estimate of drug-likeness (QED) is 0.118. The summed E-state index contributed by atoms with van der Waals surface area (Å²) in [7, 11) is 0. The summed E-state index contributed by atoms with van der Waals surface area (Å²) in [4.78, 5) is 27.9. The van der Waals surface area contributed by atoms with Crippen molar-refractivity contribution in [1.29, 1.82) is 0 Å². The summed E-state index contributed by atoms with van der Waals surface area (Å²) in [6.45, 7) is 5.57. The van der Waals surface area contributed by atoms with Crippen LogP contribution in [0.2, 0.25) is 0 Å². The highest BCUT2D eigenvalue weighted by atomic mass is 16.5. The standard InChI is InChI=1S/C31H35NO6/c1-3-5-7-19-37-24-14-10-22(11-15-24)28-27(30(34)31(35)32(28)21-26-9-8-20-38-26)29(33)23-12-16-25(17-13-23)36-18-6-4-2/h8-17,20,28,33H,3-7,18-19,21H2,1-2H3/b29-27-. The van der Waals surface area contributed by atoms with Crippen molar-refractivity contribution in [3.63, 3.8) is 0 Å². The van der Waals surface area contributed by atoms with E-state index in [1.807, 2.05) is 24.3 Å². The third kappa shape index (κ3) is 6.28. The number of rotatable bonds is 13. The first-order chi connectivity index (χ1) is 18.5. The number of likely N-dealkylation sites (tertiary alicyclic amines) is 1. The molecule has 0 bridgehead atoms. The number of furan rings is 1. The number of Topliss-reactive ketones (excluding diaryl/α,β-unsaturated/α-hetero) is 1. The maximum absolute atomic E-state index is 13.3. The molecule has 1 amide bonds. The Kier molecular flexibility index (Phi) is 9.25. The molecule has 0 saturated carbocycles. The van der Waals surface area contributed by atoms with E-state index in [1.54, 1.807) is 36.4 Å². The molecule has 3 aromatic rings. The van der Waals surface area contributed by atoms with Gasteiger partial charge >= 0.3 is 0 Å². The highest BCUT2D eigenvalue weighted by Crippen LogP contribution is 2.41. The van der Waals surface area contributed by atoms with Crippen LogP contribution in [0.4, 0.5) is 0 Å². The first-order valence-corrected chi connectivity index (χ1v) is 13.3. The minimum atomic E-state index is -0.783. The summed E-state index contributed by atoms with van der Waals surface area (Å²) in [6.07, 6.45) is 6.70. The normalized spacial score (nSPS) is 16.7. The monoisotopic (exact) mass is 517 g/mol. The van der Waals surface area contributed by atoms with E-state index < -0.39 is 17.7 Å². The van der Waals surface area contributed by atoms with Crippen molar-refractivity contribution in [2.24, 2.45) is 0 Å². The van der Waals surface area contributed by atoms with Crippen LogP contribution < -0.4 is 9.47 Å². The van der Waals surface area contributed by atoms with Gasteiger partial charge in [-0.1, -0.05) is 45.2 Å². The molecule has 4 rings (SSSR count). The summed E-state index contributed by atoms with van der Waals surface area (Å²) in [6, 6.07) is 16.9. The second-order valence-corrected chi connectivity index (χ2v) is 9.36. The molecule has 7 heteroatoms. The van der Waals surface area contributed by atoms with Crippen LogP contribution in [0.25, 0.3) is 5.76 Å². The Balaban J connectivity index is 1.66. The number of nitrogens with zero attached hydrogens (tertiary/aromatic N) is 1. The number of carbonyl (C=O) groups excluding carboxylic acids is 2. The van der Waals surface area contributed by atoms with Crippen molar-refractivity contribution in [3.8, 4) is 11.5 Å². The number of benzene rings is 2. The molecular weight excluding hydrogens is 482 g/mol. The minimum Gasteiger partial charge on any atom is -0.507 e. The highest BCUT2D eigenvalue weighted by Gasteiger charge is 2.46. The fraction of sp³-hybridized carbons (Fsp3) is 0.355. The van der Waals surface area contributed by atoms with Gasteiger partial charge in [-0.3, -0.25) is 9.59 Å². The van der Waals surface area contributed by atoms with Gasteiger partial charge in [-0.15, -0.1) is 0 Å². The van der Waals surface area contributed by atoms with E-state index >= 15 is 0 Å². The van der Waals surface area contributed by atoms with E-state index in [0.29, 0.717) is 41.6 Å². The third-order valence-electron chi connectivity index (χ3n) is 6.55. The maximum atomic E-state index is 13.3. The zero-order valence-corrected chi connectivity index (χ0v) is 22.0. The van der Waals surface area contributed by atoms with Gasteiger partial charge in [0.15, 0.2) is 0 Å². The number of aliphatic hydroxyl groups excluding tert-OH is 1. The van der Waals surface area contributed by atoms with E-state index in [2.05, 4.69) is 13.8 Å². The second-order valence-electron chi connectivity index (χ2n) is 9.36. The van der Waals surface area contributed by atoms with Crippen molar-refractivity contribution in [2.45, 2.75) is 58.5 Å². The van der Waals surface area contributed by atoms with E-state index in [0.717, 1.165) is 32.1 Å². The van der Waals surface area contributed by atoms with Crippen molar-refractivity contribution in [1.82, 2.24) is 4.90 Å². The predicted octanol–water partition coefficient (Wildman–Crippen LogP) is 6.65. The van der Waals surface area contributed by atoms with Crippen LogP contribution in [0.1, 0.15) is 68.9 Å². The average Bonchev–Trinajstić information content (AvgIpc) is 3.54. The Morgan fingerprint density at radius 2 is 1.50 bits per heavy atom. The largest absolute Gasteiger partial charge is 0.507 e. The number of ketones is 1. The van der Waals surface area contributed by atoms with Gasteiger partial charge in [-0.05, 0) is 66.9 Å². The molecule has 1 fully saturated rings. The Morgan fingerprint density at radius 1 is 0.868 bits per heavy atom. The zero-order chi connectivity index (χ0) is 26.9. The third-order valence-corrected chi connectivity index (χ3v) is 6.55. The maximum Gasteiger partial charge on any atom is 0.296 e. The fourth-order valence-corrected chi connectivity index (χ4v) is 4.45. The number of hydrogen-bond donors (Lipinski definition) is 1. The van der Waals surface area contributed by atoms with E-state index in [9.17, 15) is 14.7 Å². The van der Waals surface area contributed by atoms with Crippen LogP contribution in [-0.4, -0.2) is 34.9 Å². The molecule has 1 N–H and O–H groups in total. The summed E-state index contributed by atoms with van der Waals surface area (Å²) < 4.78 is 17.0. The minimum absolute atomic E-state index is 0.0396. The number of ether oxygens (including phenoxy) is 2. The Morgan fingerprint density at radius 3 is 2.11 bits per heavy atom. The van der Waals surface area contributed by atoms with E-state index in [-0.39, 0.29) is 17.9 Å². The van der Waals surface area contributed by atoms with Crippen LogP contribution >= 0.6 is 0 Å². The van der Waals surface area contributed by atoms with Gasteiger partial charge in [0.2, 0.25) is 0 Å². The first kappa shape index (κ1) is 27.0. The van der Waals surface area contributed by atoms with E-state index in [4.69, 9.17) is 13.9 Å². The van der Waals surface area contributed by atoms with Crippen LogP contribution in [0, 0.1) is 0 Å². The molecule has 1 aliphatic heterocycles. The summed E-state index contributed by atoms with van der Waals surface area (Å²) in [5.41, 5.74) is 1.17. The van der Waals surface area contributed by atoms with Crippen LogP contribution in [-0.2, 0) is 16.1 Å². The van der Waals surface area contributed by atoms with Crippen LogP contribution in [0.15, 0.2) is 76.9 Å². The first-order valence-electron chi connectivity index (χ1n) is 13.3. The molecule has 7 nitrogen and oxygen atoms in total. The number of amides is 1. The SMILES string of the molecule is CCCCCOc1ccc(C2/C(=C(/O)c3ccc(OCCCC)cc3)C(=O)C(=O)N2Cc2ccco2)cc1. The second kappa shape index (κ2) is 13.0. The van der Waals surface area contributed by atoms with Gasteiger partial charge in [-0.2, -0.15) is 0 Å². The molecule has 1 aliphatic rings. The summed E-state index contributed by atoms with van der Waals surface area (Å²) in [5.74, 6) is 0.289. The lowest BCUT2D eigenvalue weighted by molar-refractivity contribution is -0.140. The van der Waals surface area contributed by atoms with Gasteiger partial charge in [0.25, 0.3) is 11.7 Å². The molecule has 2 aromatic carbocycles. The molecule has 38 heavy (non-hydrogen) atoms. The molecule has 2 heterocycles. The number of unbranched alkanes of at least 4 members (excludes halogenated alkanes) is 3. The number of hydrogen-bond acceptors (Lipinski definition) is 6. The van der Waals surface area contributed by atoms with E-state index in [1.165, 1.54) is 11.2 Å². The topological polar surface area (TPSA) is 89.2 Å². The smallest absolute Gasteiger partial charge is 0.296 e. The average molecular weight is 518 g/mol. The van der Waals surface area contributed by atoms with Crippen molar-refractivity contribution < 1.29 is 28.6 Å². The van der Waals surface area contributed by atoms with Crippen LogP contribution in [0.3, 0.4) is 0 Å². The Bertz CT molecular complexity index is 1230. The predicted molar refractivity (Wildman–Crippen MR) is 145 cm³/mol.